The summed E-state index contributed by atoms with van der Waals surface area (Å²) >= 11 is 0. The largest absolute Gasteiger partial charge is 0.478 e. The standard InChI is InChI=1S/C14H15NO5S/c1-10-6-7-12(20-10)9-15(2)21(18,19)13-5-3-4-11(8-13)14(16)17/h3-8H,9H2,1-2H3,(H,16,17). The van der Waals surface area contributed by atoms with Gasteiger partial charge in [0.25, 0.3) is 0 Å². The van der Waals surface area contributed by atoms with Crippen LogP contribution in [0.25, 0.3) is 0 Å². The van der Waals surface area contributed by atoms with Gasteiger partial charge in [0.05, 0.1) is 17.0 Å². The molecular weight excluding hydrogens is 294 g/mol. The minimum Gasteiger partial charge on any atom is -0.478 e. The molecule has 1 aromatic carbocycles. The van der Waals surface area contributed by atoms with Crippen molar-refractivity contribution in [2.45, 2.75) is 18.4 Å². The van der Waals surface area contributed by atoms with Crippen molar-refractivity contribution in [3.63, 3.8) is 0 Å². The molecule has 0 aliphatic carbocycles. The summed E-state index contributed by atoms with van der Waals surface area (Å²) in [5.41, 5.74) is -0.0710. The van der Waals surface area contributed by atoms with Crippen LogP contribution in [-0.4, -0.2) is 30.8 Å². The Bertz CT molecular complexity index is 763. The highest BCUT2D eigenvalue weighted by Crippen LogP contribution is 2.19. The highest BCUT2D eigenvalue weighted by atomic mass is 32.2. The lowest BCUT2D eigenvalue weighted by molar-refractivity contribution is 0.0696. The Labute approximate surface area is 122 Å². The minimum absolute atomic E-state index is 0.0619. The maximum Gasteiger partial charge on any atom is 0.335 e. The van der Waals surface area contributed by atoms with Gasteiger partial charge >= 0.3 is 5.97 Å². The van der Waals surface area contributed by atoms with Crippen molar-refractivity contribution in [3.05, 3.63) is 53.5 Å². The van der Waals surface area contributed by atoms with Gasteiger partial charge in [-0.1, -0.05) is 6.07 Å². The number of aryl methyl sites for hydroxylation is 1. The molecule has 0 aliphatic heterocycles. The monoisotopic (exact) mass is 309 g/mol. The first kappa shape index (κ1) is 15.3. The summed E-state index contributed by atoms with van der Waals surface area (Å²) in [6, 6.07) is 8.71. The summed E-state index contributed by atoms with van der Waals surface area (Å²) in [6.45, 7) is 1.85. The zero-order valence-electron chi connectivity index (χ0n) is 11.6. The SMILES string of the molecule is Cc1ccc(CN(C)S(=O)(=O)c2cccc(C(=O)O)c2)o1. The molecule has 0 fully saturated rings. The average molecular weight is 309 g/mol. The Morgan fingerprint density at radius 1 is 1.29 bits per heavy atom. The van der Waals surface area contributed by atoms with Crippen LogP contribution < -0.4 is 0 Å². The quantitative estimate of drug-likeness (QED) is 0.914. The number of carboxylic acid groups (broad SMARTS) is 1. The van der Waals surface area contributed by atoms with E-state index in [1.165, 1.54) is 25.2 Å². The Hall–Kier alpha value is -2.12. The fourth-order valence-electron chi connectivity index (χ4n) is 1.84. The molecule has 0 spiro atoms. The molecule has 0 aliphatic rings. The number of carboxylic acids is 1. The number of aromatic carboxylic acids is 1. The maximum atomic E-state index is 12.4. The number of benzene rings is 1. The van der Waals surface area contributed by atoms with Crippen LogP contribution in [0.5, 0.6) is 0 Å². The second kappa shape index (κ2) is 5.71. The Morgan fingerprint density at radius 2 is 2.00 bits per heavy atom. The topological polar surface area (TPSA) is 87.8 Å². The van der Waals surface area contributed by atoms with E-state index >= 15 is 0 Å². The number of rotatable bonds is 5. The third-order valence-electron chi connectivity index (χ3n) is 2.96. The molecule has 0 unspecified atom stereocenters. The van der Waals surface area contributed by atoms with Crippen LogP contribution in [0.4, 0.5) is 0 Å². The second-order valence-electron chi connectivity index (χ2n) is 4.61. The van der Waals surface area contributed by atoms with E-state index < -0.39 is 16.0 Å². The highest BCUT2D eigenvalue weighted by molar-refractivity contribution is 7.89. The van der Waals surface area contributed by atoms with Crippen LogP contribution in [-0.2, 0) is 16.6 Å². The van der Waals surface area contributed by atoms with Crippen LogP contribution in [0.3, 0.4) is 0 Å². The average Bonchev–Trinajstić information content (AvgIpc) is 2.84. The van der Waals surface area contributed by atoms with Crippen molar-refractivity contribution >= 4 is 16.0 Å². The lowest BCUT2D eigenvalue weighted by Crippen LogP contribution is -2.26. The summed E-state index contributed by atoms with van der Waals surface area (Å²) in [5.74, 6) is 0.0491. The third-order valence-corrected chi connectivity index (χ3v) is 4.76. The fraction of sp³-hybridized carbons (Fsp3) is 0.214. The predicted octanol–water partition coefficient (Wildman–Crippen LogP) is 2.11. The van der Waals surface area contributed by atoms with Crippen molar-refractivity contribution in [3.8, 4) is 0 Å². The molecule has 1 N–H and O–H groups in total. The molecule has 6 nitrogen and oxygen atoms in total. The number of furan rings is 1. The number of carbonyl (C=O) groups is 1. The van der Waals surface area contributed by atoms with Crippen molar-refractivity contribution in [2.75, 3.05) is 7.05 Å². The summed E-state index contributed by atoms with van der Waals surface area (Å²) in [6.07, 6.45) is 0. The normalized spacial score (nSPS) is 11.8. The molecule has 0 radical (unpaired) electrons. The number of nitrogens with zero attached hydrogens (tertiary/aromatic N) is 1. The zero-order chi connectivity index (χ0) is 15.6. The van der Waals surface area contributed by atoms with E-state index in [9.17, 15) is 13.2 Å². The fourth-order valence-corrected chi connectivity index (χ4v) is 3.03. The lowest BCUT2D eigenvalue weighted by Gasteiger charge is -2.16. The molecule has 112 valence electrons. The number of sulfonamides is 1. The van der Waals surface area contributed by atoms with Crippen LogP contribution in [0, 0.1) is 6.92 Å². The number of hydrogen-bond acceptors (Lipinski definition) is 4. The smallest absolute Gasteiger partial charge is 0.335 e. The molecule has 0 bridgehead atoms. The highest BCUT2D eigenvalue weighted by Gasteiger charge is 2.22. The molecule has 21 heavy (non-hydrogen) atoms. The van der Waals surface area contributed by atoms with Gasteiger partial charge in [-0.15, -0.1) is 0 Å². The van der Waals surface area contributed by atoms with Crippen LogP contribution in [0.15, 0.2) is 45.7 Å². The van der Waals surface area contributed by atoms with E-state index in [4.69, 9.17) is 9.52 Å². The molecule has 0 atom stereocenters. The molecule has 2 aromatic rings. The van der Waals surface area contributed by atoms with E-state index in [1.807, 2.05) is 0 Å². The number of hydrogen-bond donors (Lipinski definition) is 1. The summed E-state index contributed by atoms with van der Waals surface area (Å²) in [5, 5.41) is 8.93. The molecule has 7 heteroatoms. The van der Waals surface area contributed by atoms with Gasteiger partial charge in [-0.05, 0) is 37.3 Å². The van der Waals surface area contributed by atoms with Crippen molar-refractivity contribution in [2.24, 2.45) is 0 Å². The second-order valence-corrected chi connectivity index (χ2v) is 6.65. The van der Waals surface area contributed by atoms with Gasteiger partial charge in [0.15, 0.2) is 0 Å². The molecule has 0 amide bonds. The van der Waals surface area contributed by atoms with Crippen molar-refractivity contribution in [1.82, 2.24) is 4.31 Å². The van der Waals surface area contributed by atoms with Gasteiger partial charge in [0.2, 0.25) is 10.0 Å². The zero-order valence-corrected chi connectivity index (χ0v) is 12.4. The molecule has 2 rings (SSSR count). The van der Waals surface area contributed by atoms with Crippen LogP contribution >= 0.6 is 0 Å². The molecule has 0 saturated heterocycles. The van der Waals surface area contributed by atoms with Gasteiger partial charge in [-0.3, -0.25) is 0 Å². The van der Waals surface area contributed by atoms with E-state index in [0.29, 0.717) is 11.5 Å². The summed E-state index contributed by atoms with van der Waals surface area (Å²) < 4.78 is 31.3. The van der Waals surface area contributed by atoms with Crippen LogP contribution in [0.1, 0.15) is 21.9 Å². The summed E-state index contributed by atoms with van der Waals surface area (Å²) in [7, 11) is -2.36. The van der Waals surface area contributed by atoms with Gasteiger partial charge in [-0.2, -0.15) is 4.31 Å². The maximum absolute atomic E-state index is 12.4. The van der Waals surface area contributed by atoms with E-state index in [-0.39, 0.29) is 17.0 Å². The van der Waals surface area contributed by atoms with Crippen molar-refractivity contribution in [1.29, 1.82) is 0 Å². The Balaban J connectivity index is 2.28. The molecule has 0 saturated carbocycles. The first-order valence-corrected chi connectivity index (χ1v) is 7.60. The van der Waals surface area contributed by atoms with E-state index in [0.717, 1.165) is 10.4 Å². The minimum atomic E-state index is -3.77. The van der Waals surface area contributed by atoms with Gasteiger partial charge in [0, 0.05) is 7.05 Å². The molecule has 1 aromatic heterocycles. The summed E-state index contributed by atoms with van der Waals surface area (Å²) in [4.78, 5) is 10.9. The Morgan fingerprint density at radius 3 is 2.57 bits per heavy atom. The predicted molar refractivity (Wildman–Crippen MR) is 75.5 cm³/mol. The van der Waals surface area contributed by atoms with Crippen LogP contribution in [0.2, 0.25) is 0 Å². The van der Waals surface area contributed by atoms with Gasteiger partial charge < -0.3 is 9.52 Å². The Kier molecular flexibility index (Phi) is 4.15. The van der Waals surface area contributed by atoms with E-state index in [2.05, 4.69) is 0 Å². The third kappa shape index (κ3) is 3.32. The first-order valence-electron chi connectivity index (χ1n) is 6.16. The van der Waals surface area contributed by atoms with Gasteiger partial charge in [-0.25, -0.2) is 13.2 Å². The molecular formula is C14H15NO5S. The van der Waals surface area contributed by atoms with Crippen molar-refractivity contribution < 1.29 is 22.7 Å². The van der Waals surface area contributed by atoms with E-state index in [1.54, 1.807) is 19.1 Å². The van der Waals surface area contributed by atoms with Gasteiger partial charge in [0.1, 0.15) is 11.5 Å². The lowest BCUT2D eigenvalue weighted by atomic mass is 10.2. The molecule has 1 heterocycles. The first-order chi connectivity index (χ1) is 9.80.